The fourth-order valence-electron chi connectivity index (χ4n) is 1.88. The van der Waals surface area contributed by atoms with Crippen LogP contribution < -0.4 is 5.73 Å². The second kappa shape index (κ2) is 4.23. The summed E-state index contributed by atoms with van der Waals surface area (Å²) in [6.07, 6.45) is 2.51. The number of rotatable bonds is 2. The Morgan fingerprint density at radius 2 is 1.71 bits per heavy atom. The van der Waals surface area contributed by atoms with Gasteiger partial charge in [0.15, 0.2) is 0 Å². The molecule has 2 atom stereocenters. The van der Waals surface area contributed by atoms with E-state index in [0.717, 1.165) is 0 Å². The van der Waals surface area contributed by atoms with Gasteiger partial charge in [0.2, 0.25) is 16.0 Å². The predicted octanol–water partition coefficient (Wildman–Crippen LogP) is 0.335. The van der Waals surface area contributed by atoms with Crippen molar-refractivity contribution < 1.29 is 8.42 Å². The third kappa shape index (κ3) is 2.25. The predicted molar refractivity (Wildman–Crippen MR) is 63.5 cm³/mol. The minimum atomic E-state index is -3.47. The van der Waals surface area contributed by atoms with Crippen LogP contribution in [0.2, 0.25) is 0 Å². The number of nitrogens with zero attached hydrogens (tertiary/aromatic N) is 3. The molecule has 2 N–H and O–H groups in total. The van der Waals surface area contributed by atoms with E-state index >= 15 is 0 Å². The van der Waals surface area contributed by atoms with Crippen molar-refractivity contribution >= 4 is 16.0 Å². The van der Waals surface area contributed by atoms with Gasteiger partial charge in [0.05, 0.1) is 12.4 Å². The molecule has 0 radical (unpaired) electrons. The van der Waals surface area contributed by atoms with Crippen molar-refractivity contribution in [2.45, 2.75) is 18.7 Å². The molecule has 0 aromatic carbocycles. The van der Waals surface area contributed by atoms with E-state index in [9.17, 15) is 8.42 Å². The van der Waals surface area contributed by atoms with Crippen LogP contribution in [-0.4, -0.2) is 35.8 Å². The molecule has 94 valence electrons. The lowest BCUT2D eigenvalue weighted by molar-refractivity contribution is 0.462. The molecular weight excluding hydrogens is 240 g/mol. The highest BCUT2D eigenvalue weighted by molar-refractivity contribution is 7.89. The molecule has 1 aliphatic rings. The Hall–Kier alpha value is -1.21. The summed E-state index contributed by atoms with van der Waals surface area (Å²) in [5, 5.41) is 0. The first-order valence-electron chi connectivity index (χ1n) is 5.49. The summed E-state index contributed by atoms with van der Waals surface area (Å²) in [6.45, 7) is 5.21. The maximum Gasteiger partial charge on any atom is 0.246 e. The van der Waals surface area contributed by atoms with Gasteiger partial charge in [-0.05, 0) is 11.8 Å². The largest absolute Gasteiger partial charge is 0.368 e. The average Bonchev–Trinajstić information content (AvgIpc) is 2.60. The molecule has 6 nitrogen and oxygen atoms in total. The molecule has 0 amide bonds. The molecule has 2 rings (SSSR count). The van der Waals surface area contributed by atoms with Gasteiger partial charge in [0, 0.05) is 13.1 Å². The minimum absolute atomic E-state index is 0.0760. The number of hydrogen-bond acceptors (Lipinski definition) is 5. The lowest BCUT2D eigenvalue weighted by atomic mass is 10.0. The van der Waals surface area contributed by atoms with Crippen molar-refractivity contribution in [3.05, 3.63) is 12.4 Å². The maximum absolute atomic E-state index is 12.2. The van der Waals surface area contributed by atoms with E-state index < -0.39 is 10.0 Å². The zero-order valence-corrected chi connectivity index (χ0v) is 10.7. The summed E-state index contributed by atoms with van der Waals surface area (Å²) in [5.41, 5.74) is 5.34. The quantitative estimate of drug-likeness (QED) is 0.824. The van der Waals surface area contributed by atoms with E-state index in [0.29, 0.717) is 24.9 Å². The zero-order chi connectivity index (χ0) is 12.6. The highest BCUT2D eigenvalue weighted by Gasteiger charge is 2.35. The molecule has 1 fully saturated rings. The van der Waals surface area contributed by atoms with Crippen LogP contribution in [0.25, 0.3) is 0 Å². The number of anilines is 1. The molecule has 2 heterocycles. The molecule has 2 unspecified atom stereocenters. The van der Waals surface area contributed by atoms with Crippen LogP contribution in [0.4, 0.5) is 5.95 Å². The molecule has 17 heavy (non-hydrogen) atoms. The van der Waals surface area contributed by atoms with Crippen molar-refractivity contribution in [3.63, 3.8) is 0 Å². The van der Waals surface area contributed by atoms with E-state index in [1.807, 2.05) is 0 Å². The molecule has 0 spiro atoms. The van der Waals surface area contributed by atoms with E-state index in [4.69, 9.17) is 5.73 Å². The van der Waals surface area contributed by atoms with Crippen molar-refractivity contribution in [2.75, 3.05) is 18.8 Å². The highest BCUT2D eigenvalue weighted by Crippen LogP contribution is 2.27. The summed E-state index contributed by atoms with van der Waals surface area (Å²) in [6, 6.07) is 0. The Labute approximate surface area is 101 Å². The van der Waals surface area contributed by atoms with Gasteiger partial charge in [-0.1, -0.05) is 13.8 Å². The summed E-state index contributed by atoms with van der Waals surface area (Å²) in [5.74, 6) is 0.825. The van der Waals surface area contributed by atoms with Crippen LogP contribution in [0, 0.1) is 11.8 Å². The first-order chi connectivity index (χ1) is 7.91. The molecule has 1 aromatic heterocycles. The second-order valence-electron chi connectivity index (χ2n) is 4.55. The summed E-state index contributed by atoms with van der Waals surface area (Å²) in [4.78, 5) is 7.54. The molecule has 0 bridgehead atoms. The van der Waals surface area contributed by atoms with Gasteiger partial charge >= 0.3 is 0 Å². The lowest BCUT2D eigenvalue weighted by Gasteiger charge is -2.15. The zero-order valence-electron chi connectivity index (χ0n) is 9.87. The summed E-state index contributed by atoms with van der Waals surface area (Å²) < 4.78 is 26.0. The molecule has 1 aromatic rings. The smallest absolute Gasteiger partial charge is 0.246 e. The maximum atomic E-state index is 12.2. The normalized spacial score (nSPS) is 26.2. The van der Waals surface area contributed by atoms with Gasteiger partial charge in [-0.15, -0.1) is 0 Å². The van der Waals surface area contributed by atoms with E-state index in [2.05, 4.69) is 23.8 Å². The number of nitrogens with two attached hydrogens (primary N) is 1. The van der Waals surface area contributed by atoms with Crippen molar-refractivity contribution in [1.29, 1.82) is 0 Å². The fraction of sp³-hybridized carbons (Fsp3) is 0.600. The van der Waals surface area contributed by atoms with E-state index in [1.54, 1.807) is 0 Å². The Morgan fingerprint density at radius 1 is 1.24 bits per heavy atom. The third-order valence-corrected chi connectivity index (χ3v) is 5.03. The Kier molecular flexibility index (Phi) is 3.05. The molecule has 0 aliphatic carbocycles. The summed E-state index contributed by atoms with van der Waals surface area (Å²) >= 11 is 0. The lowest BCUT2D eigenvalue weighted by Crippen LogP contribution is -2.29. The van der Waals surface area contributed by atoms with Crippen LogP contribution >= 0.6 is 0 Å². The van der Waals surface area contributed by atoms with Crippen LogP contribution in [0.5, 0.6) is 0 Å². The van der Waals surface area contributed by atoms with Gasteiger partial charge in [0.1, 0.15) is 4.90 Å². The molecular formula is C10H16N4O2S. The second-order valence-corrected chi connectivity index (χ2v) is 6.49. The summed E-state index contributed by atoms with van der Waals surface area (Å²) in [7, 11) is -3.47. The van der Waals surface area contributed by atoms with Crippen molar-refractivity contribution in [3.8, 4) is 0 Å². The fourth-order valence-corrected chi connectivity index (χ4v) is 3.41. The first kappa shape index (κ1) is 12.3. The Bertz CT molecular complexity index is 490. The minimum Gasteiger partial charge on any atom is -0.368 e. The van der Waals surface area contributed by atoms with E-state index in [1.165, 1.54) is 16.7 Å². The Balaban J connectivity index is 2.28. The number of sulfonamides is 1. The standard InChI is InChI=1S/C10H16N4O2S/c1-7-5-14(6-8(7)2)17(15,16)9-3-12-10(11)13-4-9/h3-4,7-8H,5-6H2,1-2H3,(H2,11,12,13). The van der Waals surface area contributed by atoms with Gasteiger partial charge in [-0.25, -0.2) is 18.4 Å². The monoisotopic (exact) mass is 256 g/mol. The van der Waals surface area contributed by atoms with Gasteiger partial charge < -0.3 is 5.73 Å². The first-order valence-corrected chi connectivity index (χ1v) is 6.93. The van der Waals surface area contributed by atoms with Gasteiger partial charge in [0.25, 0.3) is 0 Å². The van der Waals surface area contributed by atoms with Crippen LogP contribution in [-0.2, 0) is 10.0 Å². The SMILES string of the molecule is CC1CN(S(=O)(=O)c2cnc(N)nc2)CC1C. The average molecular weight is 256 g/mol. The number of hydrogen-bond donors (Lipinski definition) is 1. The van der Waals surface area contributed by atoms with Crippen molar-refractivity contribution in [2.24, 2.45) is 11.8 Å². The van der Waals surface area contributed by atoms with Gasteiger partial charge in [-0.3, -0.25) is 0 Å². The Morgan fingerprint density at radius 3 is 2.18 bits per heavy atom. The van der Waals surface area contributed by atoms with Crippen LogP contribution in [0.1, 0.15) is 13.8 Å². The number of nitrogen functional groups attached to an aromatic ring is 1. The van der Waals surface area contributed by atoms with E-state index in [-0.39, 0.29) is 10.8 Å². The number of aromatic nitrogens is 2. The van der Waals surface area contributed by atoms with Gasteiger partial charge in [-0.2, -0.15) is 4.31 Å². The highest BCUT2D eigenvalue weighted by atomic mass is 32.2. The molecule has 1 aliphatic heterocycles. The van der Waals surface area contributed by atoms with Crippen LogP contribution in [0.15, 0.2) is 17.3 Å². The van der Waals surface area contributed by atoms with Crippen molar-refractivity contribution in [1.82, 2.24) is 14.3 Å². The third-order valence-electron chi connectivity index (χ3n) is 3.24. The molecule has 7 heteroatoms. The molecule has 1 saturated heterocycles. The van der Waals surface area contributed by atoms with Crippen LogP contribution in [0.3, 0.4) is 0 Å². The topological polar surface area (TPSA) is 89.2 Å². The molecule has 0 saturated carbocycles.